The normalized spacial score (nSPS) is 18.6. The smallest absolute Gasteiger partial charge is 0.246 e. The number of hydrogen-bond acceptors (Lipinski definition) is 5. The molecule has 0 saturated carbocycles. The van der Waals surface area contributed by atoms with Crippen LogP contribution in [0.1, 0.15) is 18.2 Å². The predicted molar refractivity (Wildman–Crippen MR) is 113 cm³/mol. The minimum absolute atomic E-state index is 0.299. The summed E-state index contributed by atoms with van der Waals surface area (Å²) in [7, 11) is -3.77. The number of anilines is 1. The first kappa shape index (κ1) is 19.7. The fourth-order valence-electron chi connectivity index (χ4n) is 2.59. The van der Waals surface area contributed by atoms with Crippen LogP contribution in [0.2, 0.25) is 4.34 Å². The molecule has 138 valence electrons. The molecule has 1 atom stereocenters. The third-order valence-electron chi connectivity index (χ3n) is 3.79. The van der Waals surface area contributed by atoms with Gasteiger partial charge in [-0.25, -0.2) is 13.4 Å². The number of nitrogens with zero attached hydrogens (tertiary/aromatic N) is 2. The van der Waals surface area contributed by atoms with Gasteiger partial charge in [0.1, 0.15) is 11.9 Å². The molecule has 1 saturated heterocycles. The maximum Gasteiger partial charge on any atom is 0.246 e. The maximum absolute atomic E-state index is 12.5. The van der Waals surface area contributed by atoms with Gasteiger partial charge < -0.3 is 0 Å². The van der Waals surface area contributed by atoms with Gasteiger partial charge in [-0.1, -0.05) is 11.6 Å². The monoisotopic (exact) mass is 523 g/mol. The van der Waals surface area contributed by atoms with Crippen LogP contribution in [0.4, 0.5) is 5.82 Å². The molecule has 0 aliphatic carbocycles. The van der Waals surface area contributed by atoms with Crippen LogP contribution in [-0.2, 0) is 14.8 Å². The number of aromatic nitrogens is 1. The molecule has 0 bridgehead atoms. The van der Waals surface area contributed by atoms with Crippen molar-refractivity contribution in [3.63, 3.8) is 0 Å². The minimum Gasteiger partial charge on any atom is -0.295 e. The van der Waals surface area contributed by atoms with Crippen molar-refractivity contribution in [3.05, 3.63) is 48.7 Å². The number of pyridine rings is 1. The van der Waals surface area contributed by atoms with E-state index in [0.29, 0.717) is 28.7 Å². The van der Waals surface area contributed by atoms with E-state index in [1.54, 1.807) is 31.3 Å². The lowest BCUT2D eigenvalue weighted by Crippen LogP contribution is -2.41. The molecule has 0 radical (unpaired) electrons. The lowest BCUT2D eigenvalue weighted by Gasteiger charge is -2.16. The zero-order valence-corrected chi connectivity index (χ0v) is 18.2. The van der Waals surface area contributed by atoms with Gasteiger partial charge in [-0.2, -0.15) is 4.72 Å². The summed E-state index contributed by atoms with van der Waals surface area (Å²) < 4.78 is 28.8. The SMILES string of the molecule is C/C(=C\S(=O)(=O)N[C@H]1CCN(c2ccc(I)cn2)C1=O)c1ccc(Cl)s1. The molecule has 1 aliphatic rings. The highest BCUT2D eigenvalue weighted by Gasteiger charge is 2.35. The molecule has 0 unspecified atom stereocenters. The van der Waals surface area contributed by atoms with E-state index in [0.717, 1.165) is 13.9 Å². The van der Waals surface area contributed by atoms with E-state index >= 15 is 0 Å². The van der Waals surface area contributed by atoms with Crippen LogP contribution in [0.3, 0.4) is 0 Å². The van der Waals surface area contributed by atoms with Crippen LogP contribution in [0.15, 0.2) is 35.9 Å². The van der Waals surface area contributed by atoms with Gasteiger partial charge in [0.05, 0.1) is 9.74 Å². The summed E-state index contributed by atoms with van der Waals surface area (Å²) in [5, 5.41) is 1.13. The second-order valence-corrected chi connectivity index (χ2v) is 10.3. The van der Waals surface area contributed by atoms with Gasteiger partial charge >= 0.3 is 0 Å². The molecule has 26 heavy (non-hydrogen) atoms. The molecule has 3 heterocycles. The Morgan fingerprint density at radius 1 is 1.42 bits per heavy atom. The Bertz CT molecular complexity index is 957. The number of sulfonamides is 1. The first-order valence-electron chi connectivity index (χ1n) is 7.64. The van der Waals surface area contributed by atoms with Gasteiger partial charge in [0.2, 0.25) is 15.9 Å². The van der Waals surface area contributed by atoms with Crippen molar-refractivity contribution in [3.8, 4) is 0 Å². The van der Waals surface area contributed by atoms with E-state index in [2.05, 4.69) is 32.3 Å². The van der Waals surface area contributed by atoms with E-state index in [1.807, 2.05) is 6.07 Å². The quantitative estimate of drug-likeness (QED) is 0.609. The van der Waals surface area contributed by atoms with Crippen LogP contribution in [0, 0.1) is 3.57 Å². The van der Waals surface area contributed by atoms with Gasteiger partial charge in [-0.05, 0) is 65.8 Å². The second kappa shape index (κ2) is 7.93. The highest BCUT2D eigenvalue weighted by Crippen LogP contribution is 2.28. The molecule has 3 rings (SSSR count). The number of halogens is 2. The number of amides is 1. The van der Waals surface area contributed by atoms with Gasteiger partial charge in [0.15, 0.2) is 0 Å². The average molecular weight is 524 g/mol. The molecule has 1 aliphatic heterocycles. The van der Waals surface area contributed by atoms with E-state index in [-0.39, 0.29) is 5.91 Å². The van der Waals surface area contributed by atoms with Crippen molar-refractivity contribution >= 4 is 72.9 Å². The molecule has 1 fully saturated rings. The number of allylic oxidation sites excluding steroid dienone is 1. The van der Waals surface area contributed by atoms with Crippen molar-refractivity contribution in [2.45, 2.75) is 19.4 Å². The fraction of sp³-hybridized carbons (Fsp3) is 0.250. The van der Waals surface area contributed by atoms with E-state index in [9.17, 15) is 13.2 Å². The Labute approximate surface area is 174 Å². The number of rotatable bonds is 5. The third-order valence-corrected chi connectivity index (χ3v) is 7.08. The molecule has 10 heteroatoms. The lowest BCUT2D eigenvalue weighted by atomic mass is 10.3. The van der Waals surface area contributed by atoms with Gasteiger partial charge in [-0.3, -0.25) is 9.69 Å². The Hall–Kier alpha value is -1.01. The van der Waals surface area contributed by atoms with Crippen LogP contribution in [0.25, 0.3) is 5.57 Å². The lowest BCUT2D eigenvalue weighted by molar-refractivity contribution is -0.118. The number of carbonyl (C=O) groups excluding carboxylic acids is 1. The topological polar surface area (TPSA) is 79.4 Å². The molecule has 6 nitrogen and oxygen atoms in total. The van der Waals surface area contributed by atoms with Gasteiger partial charge in [0.25, 0.3) is 0 Å². The van der Waals surface area contributed by atoms with Gasteiger partial charge in [0, 0.05) is 21.2 Å². The highest BCUT2D eigenvalue weighted by atomic mass is 127. The van der Waals surface area contributed by atoms with E-state index < -0.39 is 16.1 Å². The number of nitrogens with one attached hydrogen (secondary N) is 1. The Balaban J connectivity index is 1.72. The second-order valence-electron chi connectivity index (χ2n) is 5.73. The van der Waals surface area contributed by atoms with Crippen LogP contribution < -0.4 is 9.62 Å². The molecule has 1 N–H and O–H groups in total. The summed E-state index contributed by atoms with van der Waals surface area (Å²) >= 11 is 9.32. The van der Waals surface area contributed by atoms with Gasteiger partial charge in [-0.15, -0.1) is 11.3 Å². The number of thiophene rings is 1. The van der Waals surface area contributed by atoms with Crippen molar-refractivity contribution < 1.29 is 13.2 Å². The maximum atomic E-state index is 12.5. The van der Waals surface area contributed by atoms with Crippen LogP contribution in [0.5, 0.6) is 0 Å². The first-order chi connectivity index (χ1) is 12.2. The summed E-state index contributed by atoms with van der Waals surface area (Å²) in [6, 6.07) is 6.29. The molecule has 2 aromatic rings. The molecular formula is C16H15ClIN3O3S2. The summed E-state index contributed by atoms with van der Waals surface area (Å²) in [4.78, 5) is 19.0. The first-order valence-corrected chi connectivity index (χ1v) is 11.5. The highest BCUT2D eigenvalue weighted by molar-refractivity contribution is 14.1. The minimum atomic E-state index is -3.77. The Morgan fingerprint density at radius 2 is 2.19 bits per heavy atom. The van der Waals surface area contributed by atoms with Crippen molar-refractivity contribution in [1.82, 2.24) is 9.71 Å². The summed E-state index contributed by atoms with van der Waals surface area (Å²) in [5.74, 6) is 0.226. The third kappa shape index (κ3) is 4.63. The number of hydrogen-bond donors (Lipinski definition) is 1. The fourth-order valence-corrected chi connectivity index (χ4v) is 5.28. The molecular weight excluding hydrogens is 509 g/mol. The van der Waals surface area contributed by atoms with Crippen molar-refractivity contribution in [1.29, 1.82) is 0 Å². The zero-order valence-electron chi connectivity index (χ0n) is 13.6. The summed E-state index contributed by atoms with van der Waals surface area (Å²) in [5.41, 5.74) is 0.566. The van der Waals surface area contributed by atoms with E-state index in [1.165, 1.54) is 16.2 Å². The molecule has 0 aromatic carbocycles. The van der Waals surface area contributed by atoms with Crippen molar-refractivity contribution in [2.24, 2.45) is 0 Å². The summed E-state index contributed by atoms with van der Waals surface area (Å²) in [6.07, 6.45) is 2.06. The molecule has 0 spiro atoms. The van der Waals surface area contributed by atoms with E-state index in [4.69, 9.17) is 11.6 Å². The zero-order chi connectivity index (χ0) is 18.9. The Morgan fingerprint density at radius 3 is 2.81 bits per heavy atom. The predicted octanol–water partition coefficient (Wildman–Crippen LogP) is 3.49. The Kier molecular flexibility index (Phi) is 6.02. The average Bonchev–Trinajstić information content (AvgIpc) is 3.15. The molecule has 1 amide bonds. The summed E-state index contributed by atoms with van der Waals surface area (Å²) in [6.45, 7) is 2.11. The standard InChI is InChI=1S/C16H15ClIN3O3S2/c1-10(13-3-4-14(17)25-13)9-26(23,24)20-12-6-7-21(16(12)22)15-5-2-11(18)8-19-15/h2-5,8-9,12,20H,6-7H2,1H3/b10-9+/t12-/m0/s1. The molecule has 2 aromatic heterocycles. The van der Waals surface area contributed by atoms with Crippen LogP contribution in [-0.4, -0.2) is 31.9 Å². The van der Waals surface area contributed by atoms with Crippen molar-refractivity contribution in [2.75, 3.05) is 11.4 Å². The van der Waals surface area contributed by atoms with Crippen LogP contribution >= 0.6 is 45.5 Å². The number of carbonyl (C=O) groups is 1. The largest absolute Gasteiger partial charge is 0.295 e.